The maximum Gasteiger partial charge on any atom is 0.349 e. The second-order valence-corrected chi connectivity index (χ2v) is 5.28. The lowest BCUT2D eigenvalue weighted by Crippen LogP contribution is -2.18. The van der Waals surface area contributed by atoms with Gasteiger partial charge in [-0.05, 0) is 68.1 Å². The Kier molecular flexibility index (Phi) is 4.63. The van der Waals surface area contributed by atoms with Gasteiger partial charge in [0.2, 0.25) is 0 Å². The molecule has 3 nitrogen and oxygen atoms in total. The summed E-state index contributed by atoms with van der Waals surface area (Å²) in [6.45, 7) is 7.84. The van der Waals surface area contributed by atoms with E-state index < -0.39 is 5.97 Å². The van der Waals surface area contributed by atoms with Gasteiger partial charge in [0.1, 0.15) is 11.5 Å². The van der Waals surface area contributed by atoms with Gasteiger partial charge in [0.05, 0.1) is 0 Å². The normalized spacial score (nSPS) is 10.3. The number of benzene rings is 2. The van der Waals surface area contributed by atoms with Crippen molar-refractivity contribution in [3.63, 3.8) is 0 Å². The number of hydrogen-bond donors (Lipinski definition) is 0. The minimum absolute atomic E-state index is 0.1000. The van der Waals surface area contributed by atoms with Gasteiger partial charge in [0.15, 0.2) is 6.61 Å². The fourth-order valence-corrected chi connectivity index (χ4v) is 1.94. The molecule has 0 radical (unpaired) electrons. The van der Waals surface area contributed by atoms with Crippen molar-refractivity contribution in [2.24, 2.45) is 0 Å². The lowest BCUT2D eigenvalue weighted by Gasteiger charge is -2.10. The number of hydrogen-bond acceptors (Lipinski definition) is 3. The molecule has 0 bridgehead atoms. The fraction of sp³-hybridized carbons (Fsp3) is 0.278. The monoisotopic (exact) mass is 284 g/mol. The van der Waals surface area contributed by atoms with E-state index in [1.54, 1.807) is 6.07 Å². The summed E-state index contributed by atoms with van der Waals surface area (Å²) in [5, 5.41) is 0. The Labute approximate surface area is 125 Å². The highest BCUT2D eigenvalue weighted by Gasteiger charge is 2.08. The molecule has 2 rings (SSSR count). The lowest BCUT2D eigenvalue weighted by molar-refractivity contribution is -0.136. The summed E-state index contributed by atoms with van der Waals surface area (Å²) in [5.41, 5.74) is 4.36. The van der Waals surface area contributed by atoms with Crippen LogP contribution in [0, 0.1) is 27.7 Å². The van der Waals surface area contributed by atoms with Gasteiger partial charge >= 0.3 is 5.97 Å². The highest BCUT2D eigenvalue weighted by Crippen LogP contribution is 2.20. The fourth-order valence-electron chi connectivity index (χ4n) is 1.94. The van der Waals surface area contributed by atoms with E-state index in [0.717, 1.165) is 16.7 Å². The molecule has 0 spiro atoms. The van der Waals surface area contributed by atoms with E-state index in [2.05, 4.69) is 0 Å². The summed E-state index contributed by atoms with van der Waals surface area (Å²) in [4.78, 5) is 11.8. The Balaban J connectivity index is 1.95. The summed E-state index contributed by atoms with van der Waals surface area (Å²) in [5.74, 6) is 0.860. The van der Waals surface area contributed by atoms with E-state index in [-0.39, 0.29) is 6.61 Å². The summed E-state index contributed by atoms with van der Waals surface area (Å²) in [6.07, 6.45) is 0. The molecular formula is C18H20O3. The van der Waals surface area contributed by atoms with Gasteiger partial charge in [0, 0.05) is 0 Å². The van der Waals surface area contributed by atoms with Crippen molar-refractivity contribution in [2.45, 2.75) is 27.7 Å². The zero-order chi connectivity index (χ0) is 15.4. The molecular weight excluding hydrogens is 264 g/mol. The first-order valence-electron chi connectivity index (χ1n) is 6.93. The van der Waals surface area contributed by atoms with Crippen LogP contribution in [-0.4, -0.2) is 12.6 Å². The molecule has 2 aromatic rings. The van der Waals surface area contributed by atoms with Crippen molar-refractivity contribution in [3.05, 3.63) is 58.7 Å². The van der Waals surface area contributed by atoms with Gasteiger partial charge in [-0.25, -0.2) is 4.79 Å². The molecule has 0 atom stereocenters. The topological polar surface area (TPSA) is 35.5 Å². The molecule has 0 heterocycles. The van der Waals surface area contributed by atoms with Crippen molar-refractivity contribution in [2.75, 3.05) is 6.61 Å². The summed E-state index contributed by atoms with van der Waals surface area (Å²) < 4.78 is 10.8. The van der Waals surface area contributed by atoms with Crippen LogP contribution in [0.15, 0.2) is 36.4 Å². The molecule has 0 saturated heterocycles. The van der Waals surface area contributed by atoms with Gasteiger partial charge in [0.25, 0.3) is 0 Å². The molecule has 0 aromatic heterocycles. The van der Waals surface area contributed by atoms with E-state index in [1.807, 2.05) is 58.0 Å². The van der Waals surface area contributed by atoms with Crippen LogP contribution in [0.5, 0.6) is 11.5 Å². The van der Waals surface area contributed by atoms with Crippen molar-refractivity contribution in [1.82, 2.24) is 0 Å². The van der Waals surface area contributed by atoms with Crippen LogP contribution >= 0.6 is 0 Å². The maximum atomic E-state index is 11.8. The molecule has 0 fully saturated rings. The molecule has 21 heavy (non-hydrogen) atoms. The van der Waals surface area contributed by atoms with Gasteiger partial charge in [-0.15, -0.1) is 0 Å². The van der Waals surface area contributed by atoms with Crippen molar-refractivity contribution < 1.29 is 14.3 Å². The van der Waals surface area contributed by atoms with Crippen molar-refractivity contribution >= 4 is 5.97 Å². The third-order valence-electron chi connectivity index (χ3n) is 3.40. The molecule has 2 aromatic carbocycles. The van der Waals surface area contributed by atoms with Crippen molar-refractivity contribution in [1.29, 1.82) is 0 Å². The van der Waals surface area contributed by atoms with Crippen LogP contribution in [0.3, 0.4) is 0 Å². The van der Waals surface area contributed by atoms with E-state index in [4.69, 9.17) is 9.47 Å². The molecule has 0 amide bonds. The minimum Gasteiger partial charge on any atom is -0.482 e. The van der Waals surface area contributed by atoms with Crippen LogP contribution < -0.4 is 9.47 Å². The summed E-state index contributed by atoms with van der Waals surface area (Å²) in [6, 6.07) is 11.5. The summed E-state index contributed by atoms with van der Waals surface area (Å²) in [7, 11) is 0. The number of rotatable bonds is 4. The maximum absolute atomic E-state index is 11.8. The standard InChI is InChI=1S/C18H20O3/c1-12-5-6-14(3)17(9-12)20-11-18(19)21-16-8-7-13(2)15(4)10-16/h5-10H,11H2,1-4H3. The second-order valence-electron chi connectivity index (χ2n) is 5.28. The number of carbonyl (C=O) groups is 1. The number of esters is 1. The quantitative estimate of drug-likeness (QED) is 0.631. The molecule has 3 heteroatoms. The Morgan fingerprint density at radius 3 is 2.33 bits per heavy atom. The van der Waals surface area contributed by atoms with E-state index in [1.165, 1.54) is 5.56 Å². The zero-order valence-electron chi connectivity index (χ0n) is 12.9. The third kappa shape index (κ3) is 4.09. The van der Waals surface area contributed by atoms with Crippen LogP contribution in [0.2, 0.25) is 0 Å². The predicted molar refractivity (Wildman–Crippen MR) is 83.0 cm³/mol. The van der Waals surface area contributed by atoms with E-state index in [9.17, 15) is 4.79 Å². The number of aryl methyl sites for hydroxylation is 4. The van der Waals surface area contributed by atoms with Gasteiger partial charge < -0.3 is 9.47 Å². The second kappa shape index (κ2) is 6.44. The van der Waals surface area contributed by atoms with Crippen molar-refractivity contribution in [3.8, 4) is 11.5 Å². The average molecular weight is 284 g/mol. The van der Waals surface area contributed by atoms with E-state index >= 15 is 0 Å². The minimum atomic E-state index is -0.404. The molecule has 0 aliphatic rings. The smallest absolute Gasteiger partial charge is 0.349 e. The van der Waals surface area contributed by atoms with Gasteiger partial charge in [-0.1, -0.05) is 18.2 Å². The summed E-state index contributed by atoms with van der Waals surface area (Å²) >= 11 is 0. The Hall–Kier alpha value is -2.29. The lowest BCUT2D eigenvalue weighted by atomic mass is 10.1. The van der Waals surface area contributed by atoms with Crippen LogP contribution in [0.1, 0.15) is 22.3 Å². The predicted octanol–water partition coefficient (Wildman–Crippen LogP) is 3.90. The largest absolute Gasteiger partial charge is 0.482 e. The van der Waals surface area contributed by atoms with Gasteiger partial charge in [-0.2, -0.15) is 0 Å². The third-order valence-corrected chi connectivity index (χ3v) is 3.40. The Bertz CT molecular complexity index is 660. The first-order valence-corrected chi connectivity index (χ1v) is 6.93. The highest BCUT2D eigenvalue weighted by atomic mass is 16.6. The highest BCUT2D eigenvalue weighted by molar-refractivity contribution is 5.74. The molecule has 0 N–H and O–H groups in total. The Morgan fingerprint density at radius 2 is 1.62 bits per heavy atom. The molecule has 0 saturated carbocycles. The van der Waals surface area contributed by atoms with E-state index in [0.29, 0.717) is 11.5 Å². The average Bonchev–Trinajstić information content (AvgIpc) is 2.44. The molecule has 0 unspecified atom stereocenters. The first-order chi connectivity index (χ1) is 9.95. The SMILES string of the molecule is Cc1ccc(C)c(OCC(=O)Oc2ccc(C)c(C)c2)c1. The number of ether oxygens (including phenoxy) is 2. The van der Waals surface area contributed by atoms with Gasteiger partial charge in [-0.3, -0.25) is 0 Å². The first kappa shape index (κ1) is 15.1. The molecule has 0 aliphatic carbocycles. The zero-order valence-corrected chi connectivity index (χ0v) is 12.9. The Morgan fingerprint density at radius 1 is 0.905 bits per heavy atom. The molecule has 110 valence electrons. The molecule has 0 aliphatic heterocycles. The number of carbonyl (C=O) groups excluding carboxylic acids is 1. The van der Waals surface area contributed by atoms with Crippen LogP contribution in [-0.2, 0) is 4.79 Å². The van der Waals surface area contributed by atoms with Crippen LogP contribution in [0.25, 0.3) is 0 Å². The van der Waals surface area contributed by atoms with Crippen LogP contribution in [0.4, 0.5) is 0 Å².